The van der Waals surface area contributed by atoms with Crippen molar-refractivity contribution in [2.45, 2.75) is 18.4 Å². The summed E-state index contributed by atoms with van der Waals surface area (Å²) in [5.74, 6) is 4.91. The fourth-order valence-corrected chi connectivity index (χ4v) is 12.2. The topological polar surface area (TPSA) is 26.0 Å². The van der Waals surface area contributed by atoms with Gasteiger partial charge >= 0.3 is 177 Å². The van der Waals surface area contributed by atoms with Gasteiger partial charge in [-0.15, -0.1) is 0 Å². The first kappa shape index (κ1) is 14.2. The van der Waals surface area contributed by atoms with Gasteiger partial charge in [-0.1, -0.05) is 0 Å². The van der Waals surface area contributed by atoms with Gasteiger partial charge in [-0.05, 0) is 0 Å². The second-order valence-electron chi connectivity index (χ2n) is 8.25. The van der Waals surface area contributed by atoms with E-state index < -0.39 is 20.1 Å². The van der Waals surface area contributed by atoms with E-state index in [4.69, 9.17) is 8.53 Å². The van der Waals surface area contributed by atoms with Crippen LogP contribution in [0.15, 0.2) is 77.3 Å². The minimum absolute atomic E-state index is 0.281. The average molecular weight is 439 g/mol. The number of hydrogen-bond donors (Lipinski definition) is 0. The van der Waals surface area contributed by atoms with Crippen molar-refractivity contribution < 1.29 is 8.53 Å². The molecule has 1 aliphatic rings. The summed E-state index contributed by atoms with van der Waals surface area (Å²) >= 11 is -2.52. The van der Waals surface area contributed by atoms with Crippen molar-refractivity contribution in [1.82, 2.24) is 4.98 Å². The fraction of sp³-hybridized carbons (Fsp3) is 0.115. The van der Waals surface area contributed by atoms with E-state index in [-0.39, 0.29) is 5.56 Å². The number of rotatable bonds is 1. The van der Waals surface area contributed by atoms with Gasteiger partial charge in [-0.2, -0.15) is 0 Å². The van der Waals surface area contributed by atoms with Gasteiger partial charge in [0.2, 0.25) is 0 Å². The first-order valence-corrected chi connectivity index (χ1v) is 16.1. The second-order valence-corrected chi connectivity index (χ2v) is 17.2. The second kappa shape index (κ2) is 5.83. The van der Waals surface area contributed by atoms with Gasteiger partial charge in [-0.3, -0.25) is 0 Å². The predicted molar refractivity (Wildman–Crippen MR) is 124 cm³/mol. The summed E-state index contributed by atoms with van der Waals surface area (Å²) in [6.07, 6.45) is 1.56. The van der Waals surface area contributed by atoms with Crippen LogP contribution < -0.4 is 8.79 Å². The standard InChI is InChI=1S/C26H21GeNO/c1-16-13-14-28-22(15-16)19-8-6-9-20-24-23(29-26(19)20)12-11-18-17-7-4-5-10-21(17)27(2,3)25(18)24/h4-15H,1-3H3/i1D3. The van der Waals surface area contributed by atoms with Crippen LogP contribution in [0.3, 0.4) is 0 Å². The summed E-state index contributed by atoms with van der Waals surface area (Å²) in [6.45, 7) is -2.18. The number of furan rings is 1. The first-order chi connectivity index (χ1) is 15.3. The Bertz CT molecular complexity index is 1550. The van der Waals surface area contributed by atoms with Crippen LogP contribution >= 0.6 is 0 Å². The van der Waals surface area contributed by atoms with E-state index in [1.165, 1.54) is 25.3 Å². The van der Waals surface area contributed by atoms with Crippen LogP contribution in [-0.4, -0.2) is 18.3 Å². The number of nitrogens with zero attached hydrogens (tertiary/aromatic N) is 1. The molecule has 0 aliphatic carbocycles. The molecule has 0 radical (unpaired) electrons. The van der Waals surface area contributed by atoms with Gasteiger partial charge in [-0.25, -0.2) is 0 Å². The summed E-state index contributed by atoms with van der Waals surface area (Å²) in [6, 6.07) is 22.3. The van der Waals surface area contributed by atoms with E-state index in [9.17, 15) is 0 Å². The van der Waals surface area contributed by atoms with E-state index >= 15 is 0 Å². The molecule has 5 aromatic rings. The Morgan fingerprint density at radius 2 is 1.76 bits per heavy atom. The zero-order chi connectivity index (χ0) is 22.3. The molecule has 29 heavy (non-hydrogen) atoms. The van der Waals surface area contributed by atoms with Gasteiger partial charge in [0.15, 0.2) is 0 Å². The predicted octanol–water partition coefficient (Wildman–Crippen LogP) is 5.76. The summed E-state index contributed by atoms with van der Waals surface area (Å²) in [5, 5.41) is 2.27. The summed E-state index contributed by atoms with van der Waals surface area (Å²) < 4.78 is 32.7. The number of aryl methyl sites for hydroxylation is 1. The molecule has 1 aliphatic heterocycles. The van der Waals surface area contributed by atoms with Crippen molar-refractivity contribution in [3.63, 3.8) is 0 Å². The molecule has 0 unspecified atom stereocenters. The van der Waals surface area contributed by atoms with Crippen LogP contribution in [0.1, 0.15) is 9.68 Å². The van der Waals surface area contributed by atoms with E-state index in [1.54, 1.807) is 18.3 Å². The number of fused-ring (bicyclic) bond motifs is 7. The molecule has 3 heterocycles. The minimum atomic E-state index is -2.52. The number of aromatic nitrogens is 1. The van der Waals surface area contributed by atoms with E-state index in [2.05, 4.69) is 59.0 Å². The third-order valence-corrected chi connectivity index (χ3v) is 13.7. The Morgan fingerprint density at radius 1 is 0.897 bits per heavy atom. The molecular weight excluding hydrogens is 415 g/mol. The maximum atomic E-state index is 7.76. The molecule has 2 aromatic heterocycles. The number of hydrogen-bond acceptors (Lipinski definition) is 2. The number of benzene rings is 3. The Kier molecular flexibility index (Phi) is 2.85. The van der Waals surface area contributed by atoms with Crippen LogP contribution in [0.5, 0.6) is 0 Å². The maximum absolute atomic E-state index is 7.76. The molecule has 0 saturated heterocycles. The van der Waals surface area contributed by atoms with E-state index in [0.717, 1.165) is 22.1 Å². The Morgan fingerprint density at radius 3 is 2.66 bits per heavy atom. The molecule has 6 rings (SSSR count). The van der Waals surface area contributed by atoms with E-state index in [0.29, 0.717) is 5.69 Å². The molecule has 0 amide bonds. The van der Waals surface area contributed by atoms with Crippen molar-refractivity contribution in [2.24, 2.45) is 0 Å². The van der Waals surface area contributed by atoms with Crippen LogP contribution in [0.2, 0.25) is 11.5 Å². The monoisotopic (exact) mass is 440 g/mol. The Hall–Kier alpha value is -2.85. The van der Waals surface area contributed by atoms with Gasteiger partial charge in [0.1, 0.15) is 0 Å². The molecule has 0 bridgehead atoms. The Labute approximate surface area is 176 Å². The summed E-state index contributed by atoms with van der Waals surface area (Å²) in [5.41, 5.74) is 6.04. The van der Waals surface area contributed by atoms with Crippen molar-refractivity contribution in [2.75, 3.05) is 0 Å². The van der Waals surface area contributed by atoms with Crippen LogP contribution in [0.25, 0.3) is 44.3 Å². The molecule has 0 saturated carbocycles. The molecule has 3 heteroatoms. The summed E-state index contributed by atoms with van der Waals surface area (Å²) in [7, 11) is 0. The van der Waals surface area contributed by atoms with Crippen molar-refractivity contribution in [3.8, 4) is 22.4 Å². The molecule has 140 valence electrons. The molecule has 2 nitrogen and oxygen atoms in total. The summed E-state index contributed by atoms with van der Waals surface area (Å²) in [4.78, 5) is 4.48. The third kappa shape index (κ3) is 2.27. The molecule has 0 atom stereocenters. The van der Waals surface area contributed by atoms with Crippen LogP contribution in [0, 0.1) is 6.85 Å². The number of para-hydroxylation sites is 1. The van der Waals surface area contributed by atoms with Gasteiger partial charge in [0.05, 0.1) is 0 Å². The first-order valence-electron chi connectivity index (χ1n) is 11.3. The molecule has 0 fully saturated rings. The van der Waals surface area contributed by atoms with Crippen LogP contribution in [0.4, 0.5) is 0 Å². The van der Waals surface area contributed by atoms with Crippen molar-refractivity contribution in [3.05, 3.63) is 78.5 Å². The van der Waals surface area contributed by atoms with E-state index in [1.807, 2.05) is 12.1 Å². The van der Waals surface area contributed by atoms with Crippen LogP contribution in [-0.2, 0) is 0 Å². The molecule has 3 aromatic carbocycles. The zero-order valence-corrected chi connectivity index (χ0v) is 18.4. The van der Waals surface area contributed by atoms with Gasteiger partial charge in [0, 0.05) is 0 Å². The normalized spacial score (nSPS) is 16.3. The molecular formula is C26H21GeNO. The van der Waals surface area contributed by atoms with Crippen molar-refractivity contribution >= 4 is 44.0 Å². The molecule has 0 N–H and O–H groups in total. The number of pyridine rings is 1. The average Bonchev–Trinajstić information content (AvgIpc) is 3.26. The zero-order valence-electron chi connectivity index (χ0n) is 19.3. The SMILES string of the molecule is [2H]C([2H])([2H])c1ccnc(-c2cccc3c2oc2ccc4[c](c23)[Ge]([CH3])([CH3])[c]2ccccc2-4)c1. The van der Waals surface area contributed by atoms with Gasteiger partial charge < -0.3 is 0 Å². The molecule has 0 spiro atoms. The third-order valence-electron chi connectivity index (χ3n) is 6.21. The quantitative estimate of drug-likeness (QED) is 0.311. The van der Waals surface area contributed by atoms with Gasteiger partial charge in [0.25, 0.3) is 0 Å². The fourth-order valence-electron chi connectivity index (χ4n) is 4.94. The van der Waals surface area contributed by atoms with Crippen molar-refractivity contribution in [1.29, 1.82) is 0 Å². The Balaban J connectivity index is 1.66.